The lowest BCUT2D eigenvalue weighted by Gasteiger charge is -2.14. The number of rotatable bonds is 10. The van der Waals surface area contributed by atoms with E-state index in [4.69, 9.17) is 9.84 Å². The predicted molar refractivity (Wildman–Crippen MR) is 121 cm³/mol. The van der Waals surface area contributed by atoms with Crippen molar-refractivity contribution in [3.05, 3.63) is 95.8 Å². The van der Waals surface area contributed by atoms with E-state index in [0.29, 0.717) is 26.0 Å². The minimum Gasteiger partial charge on any atom is -0.493 e. The molecule has 0 spiro atoms. The molecule has 4 aromatic rings. The fourth-order valence-corrected chi connectivity index (χ4v) is 3.72. The second-order valence-corrected chi connectivity index (χ2v) is 7.67. The van der Waals surface area contributed by atoms with Gasteiger partial charge in [0.2, 0.25) is 0 Å². The van der Waals surface area contributed by atoms with Crippen LogP contribution in [0.1, 0.15) is 29.5 Å². The van der Waals surface area contributed by atoms with Crippen molar-refractivity contribution < 1.29 is 14.6 Å². The molecule has 0 amide bonds. The normalized spacial score (nSPS) is 11.0. The number of aromatic nitrogens is 2. The smallest absolute Gasteiger partial charge is 0.303 e. The van der Waals surface area contributed by atoms with Gasteiger partial charge in [-0.15, -0.1) is 0 Å². The number of hydrogen-bond donors (Lipinski definition) is 1. The van der Waals surface area contributed by atoms with Gasteiger partial charge >= 0.3 is 5.97 Å². The second-order valence-electron chi connectivity index (χ2n) is 7.67. The molecule has 4 rings (SSSR count). The highest BCUT2D eigenvalue weighted by Crippen LogP contribution is 2.24. The molecule has 0 aliphatic heterocycles. The van der Waals surface area contributed by atoms with Crippen LogP contribution in [0.15, 0.2) is 79.1 Å². The van der Waals surface area contributed by atoms with Gasteiger partial charge in [-0.1, -0.05) is 54.6 Å². The van der Waals surface area contributed by atoms with Crippen LogP contribution in [0.4, 0.5) is 0 Å². The van der Waals surface area contributed by atoms with Gasteiger partial charge in [0.05, 0.1) is 13.2 Å². The van der Waals surface area contributed by atoms with Gasteiger partial charge in [0.25, 0.3) is 0 Å². The maximum Gasteiger partial charge on any atom is 0.303 e. The van der Waals surface area contributed by atoms with Crippen LogP contribution in [0.2, 0.25) is 0 Å². The molecular weight excluding hydrogens is 388 g/mol. The lowest BCUT2D eigenvalue weighted by Crippen LogP contribution is -2.06. The van der Waals surface area contributed by atoms with E-state index in [9.17, 15) is 4.79 Å². The Morgan fingerprint density at radius 1 is 0.935 bits per heavy atom. The van der Waals surface area contributed by atoms with Gasteiger partial charge in [0.1, 0.15) is 5.75 Å². The van der Waals surface area contributed by atoms with E-state index in [1.54, 1.807) is 6.20 Å². The molecule has 31 heavy (non-hydrogen) atoms. The number of carbonyl (C=O) groups is 1. The van der Waals surface area contributed by atoms with Gasteiger partial charge in [0, 0.05) is 25.2 Å². The number of nitrogens with zero attached hydrogens (tertiary/aromatic N) is 2. The van der Waals surface area contributed by atoms with Gasteiger partial charge in [0.15, 0.2) is 0 Å². The monoisotopic (exact) mass is 414 g/mol. The molecule has 0 fully saturated rings. The van der Waals surface area contributed by atoms with Crippen LogP contribution in [0.5, 0.6) is 5.75 Å². The summed E-state index contributed by atoms with van der Waals surface area (Å²) in [5, 5.41) is 15.7. The number of ether oxygens (including phenoxy) is 1. The van der Waals surface area contributed by atoms with Gasteiger partial charge < -0.3 is 9.84 Å². The van der Waals surface area contributed by atoms with Crippen LogP contribution in [0.3, 0.4) is 0 Å². The molecule has 0 aliphatic carbocycles. The van der Waals surface area contributed by atoms with Gasteiger partial charge in [-0.05, 0) is 52.4 Å². The number of benzene rings is 3. The molecule has 0 bridgehead atoms. The molecular formula is C26H26N2O3. The third kappa shape index (κ3) is 5.72. The van der Waals surface area contributed by atoms with E-state index in [-0.39, 0.29) is 6.42 Å². The average molecular weight is 415 g/mol. The Bertz CT molecular complexity index is 1150. The Labute approximate surface area is 181 Å². The number of fused-ring (bicyclic) bond motifs is 1. The summed E-state index contributed by atoms with van der Waals surface area (Å²) in [7, 11) is 0. The molecule has 0 atom stereocenters. The summed E-state index contributed by atoms with van der Waals surface area (Å²) in [4.78, 5) is 10.9. The highest BCUT2D eigenvalue weighted by molar-refractivity contribution is 5.82. The Hall–Kier alpha value is -3.60. The fraction of sp³-hybridized carbons (Fsp3) is 0.231. The summed E-state index contributed by atoms with van der Waals surface area (Å²) in [5.41, 5.74) is 3.38. The Balaban J connectivity index is 1.45. The zero-order valence-electron chi connectivity index (χ0n) is 17.4. The van der Waals surface area contributed by atoms with Crippen molar-refractivity contribution in [2.75, 3.05) is 6.61 Å². The summed E-state index contributed by atoms with van der Waals surface area (Å²) in [6, 6.07) is 22.9. The highest BCUT2D eigenvalue weighted by Gasteiger charge is 2.08. The Kier molecular flexibility index (Phi) is 6.62. The number of hydrogen-bond acceptors (Lipinski definition) is 3. The molecule has 0 radical (unpaired) electrons. The van der Waals surface area contributed by atoms with Crippen LogP contribution in [0, 0.1) is 0 Å². The molecule has 0 saturated heterocycles. The number of aryl methyl sites for hydroxylation is 1. The zero-order chi connectivity index (χ0) is 21.5. The number of carboxylic acid groups (broad SMARTS) is 1. The topological polar surface area (TPSA) is 64.3 Å². The van der Waals surface area contributed by atoms with E-state index in [1.807, 2.05) is 29.1 Å². The molecule has 5 heteroatoms. The quantitative estimate of drug-likeness (QED) is 0.391. The third-order valence-corrected chi connectivity index (χ3v) is 5.33. The van der Waals surface area contributed by atoms with E-state index < -0.39 is 5.97 Å². The fourth-order valence-electron chi connectivity index (χ4n) is 3.72. The molecule has 0 saturated carbocycles. The van der Waals surface area contributed by atoms with Crippen LogP contribution in [-0.2, 0) is 24.2 Å². The van der Waals surface area contributed by atoms with Crippen molar-refractivity contribution in [3.63, 3.8) is 0 Å². The summed E-state index contributed by atoms with van der Waals surface area (Å²) in [6.45, 7) is 1.24. The standard InChI is InChI=1S/C26H26N2O3/c29-26(30)8-3-7-23-12-10-21(19-28-15-4-14-27-28)18-25(23)31-16-13-20-9-11-22-5-1-2-6-24(22)17-20/h1-2,4-6,9-12,14-15,17-18H,3,7-8,13,16,19H2,(H,29,30). The lowest BCUT2D eigenvalue weighted by molar-refractivity contribution is -0.137. The van der Waals surface area contributed by atoms with Crippen molar-refractivity contribution in [1.29, 1.82) is 0 Å². The van der Waals surface area contributed by atoms with Crippen LogP contribution in [-0.4, -0.2) is 27.5 Å². The third-order valence-electron chi connectivity index (χ3n) is 5.33. The van der Waals surface area contributed by atoms with Crippen LogP contribution in [0.25, 0.3) is 10.8 Å². The first kappa shape index (κ1) is 20.7. The summed E-state index contributed by atoms with van der Waals surface area (Å²) >= 11 is 0. The SMILES string of the molecule is O=C(O)CCCc1ccc(Cn2cccn2)cc1OCCc1ccc2ccccc2c1. The minimum atomic E-state index is -0.769. The molecule has 0 aliphatic rings. The van der Waals surface area contributed by atoms with Crippen molar-refractivity contribution in [1.82, 2.24) is 9.78 Å². The molecule has 3 aromatic carbocycles. The van der Waals surface area contributed by atoms with Gasteiger partial charge in [-0.25, -0.2) is 0 Å². The largest absolute Gasteiger partial charge is 0.493 e. The average Bonchev–Trinajstić information content (AvgIpc) is 3.28. The van der Waals surface area contributed by atoms with Crippen LogP contribution >= 0.6 is 0 Å². The first-order chi connectivity index (χ1) is 15.2. The second kappa shape index (κ2) is 9.94. The zero-order valence-corrected chi connectivity index (χ0v) is 17.4. The van der Waals surface area contributed by atoms with Crippen molar-refractivity contribution in [2.24, 2.45) is 0 Å². The van der Waals surface area contributed by atoms with Crippen molar-refractivity contribution in [2.45, 2.75) is 32.2 Å². The van der Waals surface area contributed by atoms with Gasteiger partial charge in [-0.2, -0.15) is 5.10 Å². The Morgan fingerprint density at radius 3 is 2.58 bits per heavy atom. The van der Waals surface area contributed by atoms with Gasteiger partial charge in [-0.3, -0.25) is 9.48 Å². The number of aliphatic carboxylic acids is 1. The number of carboxylic acids is 1. The maximum absolute atomic E-state index is 10.9. The molecule has 1 N–H and O–H groups in total. The molecule has 5 nitrogen and oxygen atoms in total. The maximum atomic E-state index is 10.9. The van der Waals surface area contributed by atoms with E-state index >= 15 is 0 Å². The molecule has 1 aromatic heterocycles. The summed E-state index contributed by atoms with van der Waals surface area (Å²) in [6.07, 6.45) is 5.94. The molecule has 1 heterocycles. The predicted octanol–water partition coefficient (Wildman–Crippen LogP) is 5.11. The van der Waals surface area contributed by atoms with E-state index in [2.05, 4.69) is 53.6 Å². The minimum absolute atomic E-state index is 0.158. The molecule has 158 valence electrons. The Morgan fingerprint density at radius 2 is 1.77 bits per heavy atom. The summed E-state index contributed by atoms with van der Waals surface area (Å²) in [5.74, 6) is 0.0601. The first-order valence-electron chi connectivity index (χ1n) is 10.6. The summed E-state index contributed by atoms with van der Waals surface area (Å²) < 4.78 is 8.07. The van der Waals surface area contributed by atoms with Crippen LogP contribution < -0.4 is 4.74 Å². The van der Waals surface area contributed by atoms with E-state index in [1.165, 1.54) is 16.3 Å². The lowest BCUT2D eigenvalue weighted by atomic mass is 10.0. The van der Waals surface area contributed by atoms with Crippen molar-refractivity contribution in [3.8, 4) is 5.75 Å². The first-order valence-corrected chi connectivity index (χ1v) is 10.6. The van der Waals surface area contributed by atoms with E-state index in [0.717, 1.165) is 23.3 Å². The highest BCUT2D eigenvalue weighted by atomic mass is 16.5. The molecule has 0 unspecified atom stereocenters. The van der Waals surface area contributed by atoms with Crippen molar-refractivity contribution >= 4 is 16.7 Å².